The molecule has 6 nitrogen and oxygen atoms in total. The molecule has 0 bridgehead atoms. The molecular formula is C25H32N4O2. The molecule has 31 heavy (non-hydrogen) atoms. The average Bonchev–Trinajstić information content (AvgIpc) is 2.82. The highest BCUT2D eigenvalue weighted by molar-refractivity contribution is 6.04. The van der Waals surface area contributed by atoms with Crippen molar-refractivity contribution in [1.29, 1.82) is 0 Å². The van der Waals surface area contributed by atoms with Gasteiger partial charge in [0.15, 0.2) is 0 Å². The van der Waals surface area contributed by atoms with Crippen molar-refractivity contribution >= 4 is 17.5 Å². The molecule has 1 saturated heterocycles. The van der Waals surface area contributed by atoms with E-state index < -0.39 is 0 Å². The van der Waals surface area contributed by atoms with Crippen molar-refractivity contribution in [3.8, 4) is 0 Å². The Balaban J connectivity index is 1.26. The van der Waals surface area contributed by atoms with Crippen LogP contribution in [0.3, 0.4) is 0 Å². The normalized spacial score (nSPS) is 18.5. The van der Waals surface area contributed by atoms with Crippen LogP contribution in [0.4, 0.5) is 5.69 Å². The van der Waals surface area contributed by atoms with E-state index in [4.69, 9.17) is 0 Å². The number of carbonyl (C=O) groups is 2. The minimum atomic E-state index is -0.240. The molecule has 1 aliphatic carbocycles. The minimum absolute atomic E-state index is 0.0804. The summed E-state index contributed by atoms with van der Waals surface area (Å²) in [4.78, 5) is 31.6. The molecule has 2 aromatic rings. The van der Waals surface area contributed by atoms with Crippen LogP contribution in [-0.4, -0.2) is 47.4 Å². The summed E-state index contributed by atoms with van der Waals surface area (Å²) in [5, 5.41) is 6.02. The van der Waals surface area contributed by atoms with Gasteiger partial charge in [0, 0.05) is 49.3 Å². The summed E-state index contributed by atoms with van der Waals surface area (Å²) >= 11 is 0. The zero-order chi connectivity index (χ0) is 21.5. The van der Waals surface area contributed by atoms with Crippen LogP contribution in [0.5, 0.6) is 0 Å². The van der Waals surface area contributed by atoms with Crippen LogP contribution in [0.1, 0.15) is 65.7 Å². The number of piperidine rings is 1. The molecule has 6 heteroatoms. The van der Waals surface area contributed by atoms with Gasteiger partial charge in [0.05, 0.1) is 5.56 Å². The molecule has 164 valence electrons. The summed E-state index contributed by atoms with van der Waals surface area (Å²) in [5.74, 6) is 0.545. The lowest BCUT2D eigenvalue weighted by atomic mass is 9.88. The number of likely N-dealkylation sites (tertiary alicyclic amines) is 1. The van der Waals surface area contributed by atoms with E-state index in [1.807, 2.05) is 0 Å². The Hall–Kier alpha value is -2.73. The summed E-state index contributed by atoms with van der Waals surface area (Å²) < 4.78 is 0. The van der Waals surface area contributed by atoms with E-state index in [2.05, 4.69) is 20.5 Å². The van der Waals surface area contributed by atoms with Crippen molar-refractivity contribution < 1.29 is 9.59 Å². The second-order valence-electron chi connectivity index (χ2n) is 8.83. The van der Waals surface area contributed by atoms with Crippen molar-refractivity contribution in [3.05, 3.63) is 59.9 Å². The molecule has 2 aliphatic rings. The van der Waals surface area contributed by atoms with Crippen LogP contribution in [0.2, 0.25) is 0 Å². The smallest absolute Gasteiger partial charge is 0.257 e. The fourth-order valence-corrected chi connectivity index (χ4v) is 4.70. The molecule has 2 heterocycles. The Labute approximate surface area is 184 Å². The molecule has 1 aromatic heterocycles. The number of nitrogens with zero attached hydrogens (tertiary/aromatic N) is 2. The Kier molecular flexibility index (Phi) is 7.30. The molecule has 2 fully saturated rings. The maximum atomic E-state index is 12.8. The fraction of sp³-hybridized carbons (Fsp3) is 0.480. The number of aromatic nitrogens is 1. The Morgan fingerprint density at radius 2 is 1.71 bits per heavy atom. The van der Waals surface area contributed by atoms with Crippen LogP contribution < -0.4 is 10.6 Å². The Morgan fingerprint density at radius 1 is 0.935 bits per heavy atom. The summed E-state index contributed by atoms with van der Waals surface area (Å²) in [5.41, 5.74) is 1.65. The highest BCUT2D eigenvalue weighted by Crippen LogP contribution is 2.25. The van der Waals surface area contributed by atoms with Gasteiger partial charge in [0.2, 0.25) is 0 Å². The van der Waals surface area contributed by atoms with Gasteiger partial charge in [-0.25, -0.2) is 0 Å². The third-order valence-corrected chi connectivity index (χ3v) is 6.47. The lowest BCUT2D eigenvalue weighted by Crippen LogP contribution is -2.45. The van der Waals surface area contributed by atoms with Crippen molar-refractivity contribution in [1.82, 2.24) is 15.2 Å². The number of carbonyl (C=O) groups excluding carboxylic acids is 2. The van der Waals surface area contributed by atoms with Gasteiger partial charge in [-0.2, -0.15) is 0 Å². The number of pyridine rings is 1. The summed E-state index contributed by atoms with van der Waals surface area (Å²) in [6.45, 7) is 3.34. The van der Waals surface area contributed by atoms with Gasteiger partial charge in [-0.1, -0.05) is 25.3 Å². The highest BCUT2D eigenvalue weighted by Gasteiger charge is 2.24. The molecule has 0 unspecified atom stereocenters. The first-order chi connectivity index (χ1) is 15.2. The average molecular weight is 421 g/mol. The maximum absolute atomic E-state index is 12.8. The van der Waals surface area contributed by atoms with E-state index in [9.17, 15) is 9.59 Å². The predicted octanol–water partition coefficient (Wildman–Crippen LogP) is 4.11. The van der Waals surface area contributed by atoms with Gasteiger partial charge >= 0.3 is 0 Å². The monoisotopic (exact) mass is 420 g/mol. The third-order valence-electron chi connectivity index (χ3n) is 6.47. The predicted molar refractivity (Wildman–Crippen MR) is 122 cm³/mol. The first-order valence-electron chi connectivity index (χ1n) is 11.5. The van der Waals surface area contributed by atoms with Gasteiger partial charge < -0.3 is 15.5 Å². The molecule has 0 radical (unpaired) electrons. The number of nitrogens with one attached hydrogen (secondary N) is 2. The molecule has 1 aliphatic heterocycles. The SMILES string of the molecule is O=C(Nc1cccc(C(=O)NC2CCN(CC3CCCCC3)CC2)c1)c1cccnc1. The Bertz CT molecular complexity index is 872. The van der Waals surface area contributed by atoms with E-state index in [0.717, 1.165) is 31.8 Å². The molecule has 2 amide bonds. The van der Waals surface area contributed by atoms with E-state index in [1.54, 1.807) is 42.6 Å². The molecular weight excluding hydrogens is 388 g/mol. The number of amides is 2. The van der Waals surface area contributed by atoms with Crippen LogP contribution in [0.25, 0.3) is 0 Å². The third kappa shape index (κ3) is 6.14. The second kappa shape index (κ2) is 10.5. The molecule has 1 saturated carbocycles. The van der Waals surface area contributed by atoms with Gasteiger partial charge in [0.25, 0.3) is 11.8 Å². The van der Waals surface area contributed by atoms with E-state index >= 15 is 0 Å². The lowest BCUT2D eigenvalue weighted by molar-refractivity contribution is 0.0900. The van der Waals surface area contributed by atoms with Crippen LogP contribution >= 0.6 is 0 Å². The topological polar surface area (TPSA) is 74.3 Å². The fourth-order valence-electron chi connectivity index (χ4n) is 4.70. The molecule has 4 rings (SSSR count). The first kappa shape index (κ1) is 21.5. The maximum Gasteiger partial charge on any atom is 0.257 e. The summed E-state index contributed by atoms with van der Waals surface area (Å²) in [6.07, 6.45) is 12.1. The van der Waals surface area contributed by atoms with E-state index in [-0.39, 0.29) is 17.9 Å². The van der Waals surface area contributed by atoms with Crippen molar-refractivity contribution in [2.24, 2.45) is 5.92 Å². The van der Waals surface area contributed by atoms with Gasteiger partial charge in [-0.05, 0) is 61.9 Å². The van der Waals surface area contributed by atoms with Gasteiger partial charge in [-0.3, -0.25) is 14.6 Å². The quantitative estimate of drug-likeness (QED) is 0.738. The van der Waals surface area contributed by atoms with Crippen molar-refractivity contribution in [2.45, 2.75) is 51.0 Å². The molecule has 0 atom stereocenters. The van der Waals surface area contributed by atoms with Crippen molar-refractivity contribution in [2.75, 3.05) is 25.0 Å². The highest BCUT2D eigenvalue weighted by atomic mass is 16.2. The van der Waals surface area contributed by atoms with Crippen LogP contribution in [0.15, 0.2) is 48.8 Å². The number of anilines is 1. The zero-order valence-corrected chi connectivity index (χ0v) is 18.1. The zero-order valence-electron chi connectivity index (χ0n) is 18.1. The minimum Gasteiger partial charge on any atom is -0.349 e. The van der Waals surface area contributed by atoms with Crippen LogP contribution in [-0.2, 0) is 0 Å². The first-order valence-corrected chi connectivity index (χ1v) is 11.5. The van der Waals surface area contributed by atoms with Crippen molar-refractivity contribution in [3.63, 3.8) is 0 Å². The summed E-state index contributed by atoms with van der Waals surface area (Å²) in [6, 6.07) is 10.7. The molecule has 0 spiro atoms. The lowest BCUT2D eigenvalue weighted by Gasteiger charge is -2.35. The van der Waals surface area contributed by atoms with E-state index in [0.29, 0.717) is 16.8 Å². The van der Waals surface area contributed by atoms with Gasteiger partial charge in [-0.15, -0.1) is 0 Å². The van der Waals surface area contributed by atoms with E-state index in [1.165, 1.54) is 44.8 Å². The largest absolute Gasteiger partial charge is 0.349 e. The number of hydrogen-bond donors (Lipinski definition) is 2. The second-order valence-corrected chi connectivity index (χ2v) is 8.83. The molecule has 2 N–H and O–H groups in total. The molecule has 1 aromatic carbocycles. The Morgan fingerprint density at radius 3 is 2.45 bits per heavy atom. The number of hydrogen-bond acceptors (Lipinski definition) is 4. The standard InChI is InChI=1S/C25H32N4O2/c30-24(27-22-11-14-29(15-12-22)18-19-6-2-1-3-7-19)20-8-4-10-23(16-20)28-25(31)21-9-5-13-26-17-21/h4-5,8-10,13,16-17,19,22H,1-3,6-7,11-12,14-15,18H2,(H,27,30)(H,28,31). The number of rotatable bonds is 6. The van der Waals surface area contributed by atoms with Crippen LogP contribution in [0, 0.1) is 5.92 Å². The van der Waals surface area contributed by atoms with Gasteiger partial charge in [0.1, 0.15) is 0 Å². The number of benzene rings is 1. The summed E-state index contributed by atoms with van der Waals surface area (Å²) in [7, 11) is 0.